The summed E-state index contributed by atoms with van der Waals surface area (Å²) in [6, 6.07) is 14.8. The molecule has 1 N–H and O–H groups in total. The van der Waals surface area contributed by atoms with Crippen LogP contribution in [0.2, 0.25) is 4.34 Å². The molecule has 29 heavy (non-hydrogen) atoms. The van der Waals surface area contributed by atoms with E-state index in [1.54, 1.807) is 30.2 Å². The first-order valence-corrected chi connectivity index (χ1v) is 11.0. The molecule has 0 unspecified atom stereocenters. The lowest BCUT2D eigenvalue weighted by Gasteiger charge is -2.16. The fraction of sp³-hybridized carbons (Fsp3) is 0.143. The van der Waals surface area contributed by atoms with Crippen molar-refractivity contribution in [2.45, 2.75) is 13.1 Å². The zero-order chi connectivity index (χ0) is 20.5. The number of hydrogen-bond acceptors (Lipinski definition) is 4. The number of halogens is 2. The molecule has 0 fully saturated rings. The van der Waals surface area contributed by atoms with Crippen molar-refractivity contribution in [1.82, 2.24) is 4.90 Å². The zero-order valence-corrected chi connectivity index (χ0v) is 19.1. The Morgan fingerprint density at radius 3 is 2.79 bits per heavy atom. The monoisotopic (exact) mass is 538 g/mol. The van der Waals surface area contributed by atoms with Gasteiger partial charge in [0.25, 0.3) is 11.8 Å². The highest BCUT2D eigenvalue weighted by molar-refractivity contribution is 14.1. The minimum atomic E-state index is -0.272. The highest BCUT2D eigenvalue weighted by Gasteiger charge is 2.30. The maximum atomic E-state index is 13.1. The van der Waals surface area contributed by atoms with Crippen LogP contribution in [-0.4, -0.2) is 23.8 Å². The first-order valence-electron chi connectivity index (χ1n) is 8.76. The van der Waals surface area contributed by atoms with Gasteiger partial charge in [-0.25, -0.2) is 0 Å². The number of ether oxygens (including phenoxy) is 1. The molecule has 0 atom stereocenters. The number of nitrogens with zero attached hydrogens (tertiary/aromatic N) is 1. The van der Waals surface area contributed by atoms with Crippen LogP contribution in [0, 0.1) is 3.57 Å². The second-order valence-electron chi connectivity index (χ2n) is 6.53. The highest BCUT2D eigenvalue weighted by atomic mass is 127. The summed E-state index contributed by atoms with van der Waals surface area (Å²) < 4.78 is 6.84. The van der Waals surface area contributed by atoms with Gasteiger partial charge in [0.15, 0.2) is 0 Å². The topological polar surface area (TPSA) is 58.6 Å². The quantitative estimate of drug-likeness (QED) is 0.441. The summed E-state index contributed by atoms with van der Waals surface area (Å²) in [4.78, 5) is 27.9. The molecule has 0 spiro atoms. The van der Waals surface area contributed by atoms with Gasteiger partial charge in [-0.1, -0.05) is 29.8 Å². The maximum Gasteiger partial charge on any atom is 0.265 e. The SMILES string of the molecule is COc1ccc(CN2Cc3cccc(NC(=O)c4ccc(Cl)s4)c3C2=O)cc1I. The van der Waals surface area contributed by atoms with E-state index in [0.717, 1.165) is 20.4 Å². The number of nitrogens with one attached hydrogen (secondary N) is 1. The third-order valence-corrected chi connectivity index (χ3v) is 6.72. The number of benzene rings is 2. The summed E-state index contributed by atoms with van der Waals surface area (Å²) >= 11 is 9.34. The van der Waals surface area contributed by atoms with Crippen LogP contribution < -0.4 is 10.1 Å². The van der Waals surface area contributed by atoms with Gasteiger partial charge in [-0.05, 0) is 64.0 Å². The van der Waals surface area contributed by atoms with Gasteiger partial charge in [-0.3, -0.25) is 9.59 Å². The summed E-state index contributed by atoms with van der Waals surface area (Å²) in [6.07, 6.45) is 0. The molecule has 0 saturated carbocycles. The van der Waals surface area contributed by atoms with E-state index in [9.17, 15) is 9.59 Å². The van der Waals surface area contributed by atoms with Crippen molar-refractivity contribution in [2.24, 2.45) is 0 Å². The Morgan fingerprint density at radius 2 is 2.10 bits per heavy atom. The number of fused-ring (bicyclic) bond motifs is 1. The van der Waals surface area contributed by atoms with Crippen molar-refractivity contribution in [3.8, 4) is 5.75 Å². The van der Waals surface area contributed by atoms with Crippen molar-refractivity contribution < 1.29 is 14.3 Å². The molecule has 5 nitrogen and oxygen atoms in total. The summed E-state index contributed by atoms with van der Waals surface area (Å²) in [5, 5.41) is 2.86. The van der Waals surface area contributed by atoms with Crippen molar-refractivity contribution in [3.05, 3.63) is 78.0 Å². The van der Waals surface area contributed by atoms with E-state index < -0.39 is 0 Å². The van der Waals surface area contributed by atoms with Crippen LogP contribution in [0.1, 0.15) is 31.2 Å². The summed E-state index contributed by atoms with van der Waals surface area (Å²) in [5.41, 5.74) is 3.00. The van der Waals surface area contributed by atoms with Crippen LogP contribution in [-0.2, 0) is 13.1 Å². The molecule has 0 saturated heterocycles. The Kier molecular flexibility index (Phi) is 5.80. The average Bonchev–Trinajstić information content (AvgIpc) is 3.26. The lowest BCUT2D eigenvalue weighted by Crippen LogP contribution is -2.24. The van der Waals surface area contributed by atoms with Crippen LogP contribution in [0.4, 0.5) is 5.69 Å². The van der Waals surface area contributed by atoms with E-state index in [4.69, 9.17) is 16.3 Å². The minimum absolute atomic E-state index is 0.0917. The first kappa shape index (κ1) is 20.2. The van der Waals surface area contributed by atoms with Crippen molar-refractivity contribution in [2.75, 3.05) is 12.4 Å². The molecule has 8 heteroatoms. The van der Waals surface area contributed by atoms with Gasteiger partial charge in [0.1, 0.15) is 5.75 Å². The predicted molar refractivity (Wildman–Crippen MR) is 123 cm³/mol. The van der Waals surface area contributed by atoms with Crippen molar-refractivity contribution >= 4 is 63.0 Å². The van der Waals surface area contributed by atoms with Gasteiger partial charge >= 0.3 is 0 Å². The van der Waals surface area contributed by atoms with Crippen LogP contribution in [0.25, 0.3) is 0 Å². The molecule has 0 bridgehead atoms. The van der Waals surface area contributed by atoms with E-state index >= 15 is 0 Å². The summed E-state index contributed by atoms with van der Waals surface area (Å²) in [6.45, 7) is 0.993. The van der Waals surface area contributed by atoms with Gasteiger partial charge in [0.05, 0.1) is 31.1 Å². The Morgan fingerprint density at radius 1 is 1.28 bits per heavy atom. The number of amides is 2. The van der Waals surface area contributed by atoms with Gasteiger partial charge in [-0.2, -0.15) is 0 Å². The molecular formula is C21H16ClIN2O3S. The third kappa shape index (κ3) is 4.12. The fourth-order valence-electron chi connectivity index (χ4n) is 3.30. The smallest absolute Gasteiger partial charge is 0.265 e. The van der Waals surface area contributed by atoms with Crippen LogP contribution in [0.3, 0.4) is 0 Å². The van der Waals surface area contributed by atoms with Crippen molar-refractivity contribution in [3.63, 3.8) is 0 Å². The van der Waals surface area contributed by atoms with Crippen LogP contribution in [0.5, 0.6) is 5.75 Å². The Hall–Kier alpha value is -2.10. The number of hydrogen-bond donors (Lipinski definition) is 1. The van der Waals surface area contributed by atoms with Gasteiger partial charge in [-0.15, -0.1) is 11.3 Å². The summed E-state index contributed by atoms with van der Waals surface area (Å²) in [7, 11) is 1.64. The molecule has 2 aromatic carbocycles. The third-order valence-electron chi connectivity index (χ3n) is 4.65. The van der Waals surface area contributed by atoms with E-state index in [1.807, 2.05) is 30.3 Å². The Labute approximate surface area is 190 Å². The Balaban J connectivity index is 1.55. The normalized spacial score (nSPS) is 12.8. The molecule has 4 rings (SSSR count). The minimum Gasteiger partial charge on any atom is -0.496 e. The number of methoxy groups -OCH3 is 1. The van der Waals surface area contributed by atoms with Gasteiger partial charge in [0.2, 0.25) is 0 Å². The standard InChI is InChI=1S/C21H16ClIN2O3S/c1-28-16-6-5-12(9-14(16)23)10-25-11-13-3-2-4-15(19(13)21(25)27)24-20(26)17-7-8-18(22)29-17/h2-9H,10-11H2,1H3,(H,24,26). The number of thiophene rings is 1. The van der Waals surface area contributed by atoms with E-state index in [0.29, 0.717) is 33.6 Å². The number of rotatable bonds is 5. The van der Waals surface area contributed by atoms with Crippen LogP contribution in [0.15, 0.2) is 48.5 Å². The molecule has 2 amide bonds. The summed E-state index contributed by atoms with van der Waals surface area (Å²) in [5.74, 6) is 0.446. The molecule has 0 aliphatic carbocycles. The number of anilines is 1. The lowest BCUT2D eigenvalue weighted by molar-refractivity contribution is 0.0767. The van der Waals surface area contributed by atoms with E-state index in [1.165, 1.54) is 11.3 Å². The van der Waals surface area contributed by atoms with Gasteiger partial charge < -0.3 is 15.0 Å². The second-order valence-corrected chi connectivity index (χ2v) is 9.40. The molecule has 1 aromatic heterocycles. The molecule has 148 valence electrons. The number of carbonyl (C=O) groups is 2. The fourth-order valence-corrected chi connectivity index (χ4v) is 5.04. The average molecular weight is 539 g/mol. The zero-order valence-electron chi connectivity index (χ0n) is 15.4. The molecule has 1 aliphatic rings. The van der Waals surface area contributed by atoms with E-state index in [-0.39, 0.29) is 11.8 Å². The molecular weight excluding hydrogens is 523 g/mol. The second kappa shape index (κ2) is 8.33. The molecule has 2 heterocycles. The molecule has 3 aromatic rings. The number of carbonyl (C=O) groups excluding carboxylic acids is 2. The van der Waals surface area contributed by atoms with Gasteiger partial charge in [0, 0.05) is 13.1 Å². The Bertz CT molecular complexity index is 1120. The predicted octanol–water partition coefficient (Wildman–Crippen LogP) is 5.42. The lowest BCUT2D eigenvalue weighted by atomic mass is 10.1. The largest absolute Gasteiger partial charge is 0.496 e. The molecule has 0 radical (unpaired) electrons. The van der Waals surface area contributed by atoms with E-state index in [2.05, 4.69) is 27.9 Å². The molecule has 1 aliphatic heterocycles. The highest BCUT2D eigenvalue weighted by Crippen LogP contribution is 2.32. The van der Waals surface area contributed by atoms with Crippen molar-refractivity contribution in [1.29, 1.82) is 0 Å². The maximum absolute atomic E-state index is 13.1. The van der Waals surface area contributed by atoms with Crippen LogP contribution >= 0.6 is 45.5 Å². The first-order chi connectivity index (χ1) is 14.0.